The maximum absolute atomic E-state index is 9.41. The average molecular weight is 296 g/mol. The van der Waals surface area contributed by atoms with Crippen molar-refractivity contribution in [2.75, 3.05) is 18.0 Å². The largest absolute Gasteiger partial charge is 0.515 e. The van der Waals surface area contributed by atoms with E-state index in [2.05, 4.69) is 22.1 Å². The maximum Gasteiger partial charge on any atom is 0.129 e. The van der Waals surface area contributed by atoms with Crippen molar-refractivity contribution in [3.8, 4) is 0 Å². The SMILES string of the molecule is CC(=CO)c1nc(N2CC3CC3C2)ccc1Cn1cccn1. The fourth-order valence-corrected chi connectivity index (χ4v) is 3.34. The van der Waals surface area contributed by atoms with Crippen LogP contribution in [0.3, 0.4) is 0 Å². The molecule has 4 rings (SSSR count). The molecule has 1 aliphatic heterocycles. The third-order valence-corrected chi connectivity index (χ3v) is 4.73. The number of hydrogen-bond donors (Lipinski definition) is 1. The van der Waals surface area contributed by atoms with Crippen molar-refractivity contribution >= 4 is 11.4 Å². The third kappa shape index (κ3) is 2.36. The number of nitrogens with zero attached hydrogens (tertiary/aromatic N) is 4. The molecule has 5 nitrogen and oxygen atoms in total. The number of aromatic nitrogens is 3. The number of aliphatic hydroxyl groups excluding tert-OH is 1. The zero-order valence-corrected chi connectivity index (χ0v) is 12.7. The Morgan fingerprint density at radius 3 is 2.86 bits per heavy atom. The lowest BCUT2D eigenvalue weighted by atomic mass is 10.1. The quantitative estimate of drug-likeness (QED) is 0.881. The van der Waals surface area contributed by atoms with Gasteiger partial charge in [0.2, 0.25) is 0 Å². The van der Waals surface area contributed by atoms with Crippen LogP contribution in [0.1, 0.15) is 24.6 Å². The normalized spacial score (nSPS) is 23.7. The van der Waals surface area contributed by atoms with Crippen LogP contribution in [0.4, 0.5) is 5.82 Å². The van der Waals surface area contributed by atoms with Gasteiger partial charge in [-0.05, 0) is 42.9 Å². The second-order valence-corrected chi connectivity index (χ2v) is 6.35. The van der Waals surface area contributed by atoms with E-state index >= 15 is 0 Å². The van der Waals surface area contributed by atoms with Crippen molar-refractivity contribution in [3.05, 3.63) is 48.1 Å². The first-order chi connectivity index (χ1) is 10.7. The molecule has 0 amide bonds. The predicted octanol–water partition coefficient (Wildman–Crippen LogP) is 2.70. The Bertz CT molecular complexity index is 697. The Morgan fingerprint density at radius 1 is 1.36 bits per heavy atom. The highest BCUT2D eigenvalue weighted by molar-refractivity contribution is 5.64. The minimum absolute atomic E-state index is 0.659. The zero-order valence-electron chi connectivity index (χ0n) is 12.7. The molecule has 22 heavy (non-hydrogen) atoms. The highest BCUT2D eigenvalue weighted by Gasteiger charge is 2.45. The summed E-state index contributed by atoms with van der Waals surface area (Å²) in [5.41, 5.74) is 2.71. The van der Waals surface area contributed by atoms with Gasteiger partial charge >= 0.3 is 0 Å². The number of fused-ring (bicyclic) bond motifs is 1. The molecule has 114 valence electrons. The molecule has 1 saturated heterocycles. The van der Waals surface area contributed by atoms with Crippen molar-refractivity contribution < 1.29 is 5.11 Å². The molecule has 2 atom stereocenters. The number of piperidine rings is 1. The summed E-state index contributed by atoms with van der Waals surface area (Å²) in [4.78, 5) is 7.18. The van der Waals surface area contributed by atoms with Crippen LogP contribution in [0, 0.1) is 11.8 Å². The molecule has 1 aliphatic carbocycles. The number of hydrogen-bond acceptors (Lipinski definition) is 4. The van der Waals surface area contributed by atoms with E-state index in [1.165, 1.54) is 6.42 Å². The minimum atomic E-state index is 0.659. The summed E-state index contributed by atoms with van der Waals surface area (Å²) in [7, 11) is 0. The van der Waals surface area contributed by atoms with Crippen LogP contribution >= 0.6 is 0 Å². The molecule has 0 radical (unpaired) electrons. The lowest BCUT2D eigenvalue weighted by Gasteiger charge is -2.21. The van der Waals surface area contributed by atoms with Gasteiger partial charge in [-0.3, -0.25) is 4.68 Å². The second kappa shape index (κ2) is 5.16. The van der Waals surface area contributed by atoms with Gasteiger partial charge in [0.25, 0.3) is 0 Å². The van der Waals surface area contributed by atoms with Crippen LogP contribution < -0.4 is 4.90 Å². The first-order valence-electron chi connectivity index (χ1n) is 7.78. The van der Waals surface area contributed by atoms with Crippen LogP contribution in [-0.2, 0) is 6.54 Å². The van der Waals surface area contributed by atoms with Gasteiger partial charge < -0.3 is 10.0 Å². The molecule has 3 heterocycles. The molecule has 1 N–H and O–H groups in total. The second-order valence-electron chi connectivity index (χ2n) is 6.35. The fourth-order valence-electron chi connectivity index (χ4n) is 3.34. The molecule has 0 aromatic carbocycles. The highest BCUT2D eigenvalue weighted by Crippen LogP contribution is 2.46. The smallest absolute Gasteiger partial charge is 0.129 e. The first-order valence-corrected chi connectivity index (χ1v) is 7.78. The van der Waals surface area contributed by atoms with E-state index in [4.69, 9.17) is 4.98 Å². The van der Waals surface area contributed by atoms with Gasteiger partial charge in [-0.1, -0.05) is 6.07 Å². The van der Waals surface area contributed by atoms with E-state index in [1.807, 2.05) is 23.9 Å². The van der Waals surface area contributed by atoms with Crippen molar-refractivity contribution in [1.82, 2.24) is 14.8 Å². The summed E-state index contributed by atoms with van der Waals surface area (Å²) < 4.78 is 1.87. The highest BCUT2D eigenvalue weighted by atomic mass is 16.2. The minimum Gasteiger partial charge on any atom is -0.515 e. The molecule has 1 saturated carbocycles. The van der Waals surface area contributed by atoms with E-state index in [1.54, 1.807) is 6.20 Å². The zero-order chi connectivity index (χ0) is 15.1. The van der Waals surface area contributed by atoms with E-state index in [9.17, 15) is 5.11 Å². The molecule has 2 aromatic rings. The number of rotatable bonds is 4. The molecule has 2 unspecified atom stereocenters. The summed E-state index contributed by atoms with van der Waals surface area (Å²) in [5.74, 6) is 2.78. The van der Waals surface area contributed by atoms with Gasteiger partial charge in [-0.15, -0.1) is 0 Å². The van der Waals surface area contributed by atoms with Crippen LogP contribution in [0.2, 0.25) is 0 Å². The van der Waals surface area contributed by atoms with E-state index in [0.29, 0.717) is 6.54 Å². The summed E-state index contributed by atoms with van der Waals surface area (Å²) in [6.07, 6.45) is 6.23. The van der Waals surface area contributed by atoms with E-state index in [0.717, 1.165) is 53.8 Å². The molecule has 0 spiro atoms. The summed E-state index contributed by atoms with van der Waals surface area (Å²) in [6.45, 7) is 4.79. The van der Waals surface area contributed by atoms with Crippen molar-refractivity contribution in [1.29, 1.82) is 0 Å². The Labute approximate surface area is 129 Å². The molecule has 2 fully saturated rings. The van der Waals surface area contributed by atoms with Crippen LogP contribution in [-0.4, -0.2) is 33.0 Å². The average Bonchev–Trinajstić information content (AvgIpc) is 2.94. The lowest BCUT2D eigenvalue weighted by molar-refractivity contribution is 0.475. The third-order valence-electron chi connectivity index (χ3n) is 4.73. The Hall–Kier alpha value is -2.30. The van der Waals surface area contributed by atoms with Gasteiger partial charge in [-0.2, -0.15) is 5.10 Å². The Kier molecular flexibility index (Phi) is 3.13. The predicted molar refractivity (Wildman–Crippen MR) is 85.7 cm³/mol. The number of allylic oxidation sites excluding steroid dienone is 1. The first kappa shape index (κ1) is 13.4. The van der Waals surface area contributed by atoms with Crippen molar-refractivity contribution in [2.45, 2.75) is 19.9 Å². The van der Waals surface area contributed by atoms with Crippen molar-refractivity contribution in [2.24, 2.45) is 11.8 Å². The van der Waals surface area contributed by atoms with E-state index in [-0.39, 0.29) is 0 Å². The molecule has 5 heteroatoms. The Balaban J connectivity index is 1.65. The Morgan fingerprint density at radius 2 is 2.18 bits per heavy atom. The number of aliphatic hydroxyl groups is 1. The lowest BCUT2D eigenvalue weighted by Crippen LogP contribution is -2.23. The van der Waals surface area contributed by atoms with Crippen LogP contribution in [0.15, 0.2) is 36.9 Å². The topological polar surface area (TPSA) is 54.2 Å². The summed E-state index contributed by atoms with van der Waals surface area (Å²) >= 11 is 0. The summed E-state index contributed by atoms with van der Waals surface area (Å²) in [5, 5.41) is 13.7. The fraction of sp³-hybridized carbons (Fsp3) is 0.412. The van der Waals surface area contributed by atoms with E-state index < -0.39 is 0 Å². The standard InChI is InChI=1S/C17H20N4O/c1-12(11-22)17-13(10-21-6-2-5-18-21)3-4-16(19-17)20-8-14-7-15(14)9-20/h2-6,11,14-15,22H,7-10H2,1H3. The molecular weight excluding hydrogens is 276 g/mol. The van der Waals surface area contributed by atoms with Crippen LogP contribution in [0.5, 0.6) is 0 Å². The van der Waals surface area contributed by atoms with Gasteiger partial charge in [0.05, 0.1) is 18.5 Å². The van der Waals surface area contributed by atoms with Crippen molar-refractivity contribution in [3.63, 3.8) is 0 Å². The molecule has 2 aromatic heterocycles. The van der Waals surface area contributed by atoms with Gasteiger partial charge in [-0.25, -0.2) is 4.98 Å². The monoisotopic (exact) mass is 296 g/mol. The van der Waals surface area contributed by atoms with Gasteiger partial charge in [0.1, 0.15) is 5.82 Å². The number of pyridine rings is 1. The number of anilines is 1. The van der Waals surface area contributed by atoms with Gasteiger partial charge in [0, 0.05) is 31.1 Å². The summed E-state index contributed by atoms with van der Waals surface area (Å²) in [6, 6.07) is 6.11. The van der Waals surface area contributed by atoms with Crippen LogP contribution in [0.25, 0.3) is 5.57 Å². The molecule has 0 bridgehead atoms. The molecule has 2 aliphatic rings. The van der Waals surface area contributed by atoms with Gasteiger partial charge in [0.15, 0.2) is 0 Å². The maximum atomic E-state index is 9.41. The molecular formula is C17H20N4O.